The average Bonchev–Trinajstić information content (AvgIpc) is 3.24. The first-order chi connectivity index (χ1) is 10.3. The summed E-state index contributed by atoms with van der Waals surface area (Å²) in [6.45, 7) is 5.91. The van der Waals surface area contributed by atoms with E-state index in [-0.39, 0.29) is 11.7 Å². The minimum absolute atomic E-state index is 0.0106. The molecule has 0 saturated heterocycles. The molecule has 0 spiro atoms. The van der Waals surface area contributed by atoms with Crippen molar-refractivity contribution in [1.82, 2.24) is 0 Å². The SMILES string of the molecule is CCCCC(C)(C)C(=O)/C=C/C1CC1(C(=O)OC)C(=O)OC. The molecule has 1 saturated carbocycles. The zero-order valence-corrected chi connectivity index (χ0v) is 14.1. The number of unbranched alkanes of at least 4 members (excludes halogenated alkanes) is 1. The highest BCUT2D eigenvalue weighted by Crippen LogP contribution is 2.55. The van der Waals surface area contributed by atoms with Crippen LogP contribution in [0.25, 0.3) is 0 Å². The third-order valence-corrected chi connectivity index (χ3v) is 4.42. The van der Waals surface area contributed by atoms with E-state index in [9.17, 15) is 14.4 Å². The van der Waals surface area contributed by atoms with Gasteiger partial charge in [-0.25, -0.2) is 0 Å². The van der Waals surface area contributed by atoms with Crippen LogP contribution in [0.1, 0.15) is 46.5 Å². The number of carbonyl (C=O) groups is 3. The van der Waals surface area contributed by atoms with E-state index < -0.39 is 22.8 Å². The van der Waals surface area contributed by atoms with Crippen molar-refractivity contribution in [2.24, 2.45) is 16.7 Å². The Kier molecular flexibility index (Phi) is 5.92. The number of hydrogen-bond donors (Lipinski definition) is 0. The van der Waals surface area contributed by atoms with Gasteiger partial charge < -0.3 is 9.47 Å². The van der Waals surface area contributed by atoms with Gasteiger partial charge in [-0.3, -0.25) is 14.4 Å². The van der Waals surface area contributed by atoms with Gasteiger partial charge in [-0.2, -0.15) is 0 Å². The molecule has 5 heteroatoms. The molecule has 0 bridgehead atoms. The van der Waals surface area contributed by atoms with E-state index in [1.54, 1.807) is 6.08 Å². The second-order valence-electron chi connectivity index (χ2n) is 6.48. The molecule has 22 heavy (non-hydrogen) atoms. The Hall–Kier alpha value is -1.65. The third-order valence-electron chi connectivity index (χ3n) is 4.42. The Morgan fingerprint density at radius 3 is 2.18 bits per heavy atom. The van der Waals surface area contributed by atoms with Crippen LogP contribution in [0.3, 0.4) is 0 Å². The quantitative estimate of drug-likeness (QED) is 0.391. The highest BCUT2D eigenvalue weighted by Gasteiger charge is 2.66. The van der Waals surface area contributed by atoms with Gasteiger partial charge in [-0.1, -0.05) is 39.7 Å². The van der Waals surface area contributed by atoms with Crippen molar-refractivity contribution in [2.45, 2.75) is 46.5 Å². The minimum Gasteiger partial charge on any atom is -0.468 e. The predicted molar refractivity (Wildman–Crippen MR) is 82.0 cm³/mol. The molecule has 1 rings (SSSR count). The highest BCUT2D eigenvalue weighted by molar-refractivity contribution is 6.04. The normalized spacial score (nSPS) is 19.8. The maximum absolute atomic E-state index is 12.3. The largest absolute Gasteiger partial charge is 0.468 e. The molecule has 0 aliphatic heterocycles. The molecule has 1 aliphatic rings. The molecule has 124 valence electrons. The molecule has 0 heterocycles. The topological polar surface area (TPSA) is 69.7 Å². The van der Waals surface area contributed by atoms with Crippen LogP contribution in [0, 0.1) is 16.7 Å². The fourth-order valence-corrected chi connectivity index (χ4v) is 2.61. The van der Waals surface area contributed by atoms with Crippen molar-refractivity contribution < 1.29 is 23.9 Å². The van der Waals surface area contributed by atoms with E-state index in [2.05, 4.69) is 6.92 Å². The molecule has 1 fully saturated rings. The number of ketones is 1. The second kappa shape index (κ2) is 7.07. The van der Waals surface area contributed by atoms with E-state index in [0.717, 1.165) is 19.3 Å². The number of allylic oxidation sites excluding steroid dienone is 2. The van der Waals surface area contributed by atoms with Gasteiger partial charge in [-0.15, -0.1) is 0 Å². The summed E-state index contributed by atoms with van der Waals surface area (Å²) in [5.74, 6) is -1.53. The Labute approximate surface area is 132 Å². The van der Waals surface area contributed by atoms with Crippen LogP contribution < -0.4 is 0 Å². The van der Waals surface area contributed by atoms with Gasteiger partial charge in [0, 0.05) is 11.3 Å². The Morgan fingerprint density at radius 2 is 1.73 bits per heavy atom. The Morgan fingerprint density at radius 1 is 1.18 bits per heavy atom. The van der Waals surface area contributed by atoms with Gasteiger partial charge in [0.25, 0.3) is 0 Å². The van der Waals surface area contributed by atoms with Crippen LogP contribution in [0.4, 0.5) is 0 Å². The number of ether oxygens (including phenoxy) is 2. The molecule has 0 aromatic carbocycles. The summed E-state index contributed by atoms with van der Waals surface area (Å²) in [5.41, 5.74) is -1.70. The number of rotatable bonds is 8. The number of hydrogen-bond acceptors (Lipinski definition) is 5. The molecule has 1 aliphatic carbocycles. The first-order valence-electron chi connectivity index (χ1n) is 7.65. The summed E-state index contributed by atoms with van der Waals surface area (Å²) >= 11 is 0. The lowest BCUT2D eigenvalue weighted by atomic mass is 9.82. The monoisotopic (exact) mass is 310 g/mol. The Balaban J connectivity index is 2.77. The smallest absolute Gasteiger partial charge is 0.323 e. The molecule has 5 nitrogen and oxygen atoms in total. The van der Waals surface area contributed by atoms with Crippen molar-refractivity contribution in [1.29, 1.82) is 0 Å². The molecule has 0 radical (unpaired) electrons. The highest BCUT2D eigenvalue weighted by atomic mass is 16.5. The zero-order chi connectivity index (χ0) is 17.0. The molecular formula is C17H26O5. The molecule has 1 atom stereocenters. The van der Waals surface area contributed by atoms with Gasteiger partial charge in [0.15, 0.2) is 11.2 Å². The number of carbonyl (C=O) groups excluding carboxylic acids is 3. The molecule has 0 N–H and O–H groups in total. The van der Waals surface area contributed by atoms with Gasteiger partial charge >= 0.3 is 11.9 Å². The van der Waals surface area contributed by atoms with Crippen LogP contribution in [0.15, 0.2) is 12.2 Å². The lowest BCUT2D eigenvalue weighted by molar-refractivity contribution is -0.161. The summed E-state index contributed by atoms with van der Waals surface area (Å²) in [6, 6.07) is 0. The maximum Gasteiger partial charge on any atom is 0.323 e. The lowest BCUT2D eigenvalue weighted by Crippen LogP contribution is -2.30. The summed E-state index contributed by atoms with van der Waals surface area (Å²) in [6.07, 6.45) is 6.31. The molecule has 0 amide bonds. The van der Waals surface area contributed by atoms with Gasteiger partial charge in [0.2, 0.25) is 0 Å². The average molecular weight is 310 g/mol. The Bertz CT molecular complexity index is 459. The summed E-state index contributed by atoms with van der Waals surface area (Å²) in [4.78, 5) is 36.0. The van der Waals surface area contributed by atoms with E-state index in [1.807, 2.05) is 13.8 Å². The van der Waals surface area contributed by atoms with Crippen LogP contribution in [0.2, 0.25) is 0 Å². The van der Waals surface area contributed by atoms with Crippen molar-refractivity contribution in [3.8, 4) is 0 Å². The molecule has 1 unspecified atom stereocenters. The van der Waals surface area contributed by atoms with E-state index in [1.165, 1.54) is 20.3 Å². The van der Waals surface area contributed by atoms with Crippen LogP contribution >= 0.6 is 0 Å². The first kappa shape index (κ1) is 18.4. The van der Waals surface area contributed by atoms with E-state index in [0.29, 0.717) is 6.42 Å². The molecule has 0 aromatic rings. The van der Waals surface area contributed by atoms with Crippen molar-refractivity contribution in [3.05, 3.63) is 12.2 Å². The van der Waals surface area contributed by atoms with Gasteiger partial charge in [-0.05, 0) is 18.9 Å². The third kappa shape index (κ3) is 3.57. The summed E-state index contributed by atoms with van der Waals surface area (Å²) < 4.78 is 9.40. The van der Waals surface area contributed by atoms with Crippen molar-refractivity contribution >= 4 is 17.7 Å². The van der Waals surface area contributed by atoms with Crippen molar-refractivity contribution in [2.75, 3.05) is 14.2 Å². The minimum atomic E-state index is -1.27. The van der Waals surface area contributed by atoms with Crippen LogP contribution in [0.5, 0.6) is 0 Å². The summed E-state index contributed by atoms with van der Waals surface area (Å²) in [7, 11) is 2.48. The maximum atomic E-state index is 12.3. The van der Waals surface area contributed by atoms with Crippen molar-refractivity contribution in [3.63, 3.8) is 0 Å². The fraction of sp³-hybridized carbons (Fsp3) is 0.706. The zero-order valence-electron chi connectivity index (χ0n) is 14.1. The molecule has 0 aromatic heterocycles. The first-order valence-corrected chi connectivity index (χ1v) is 7.65. The van der Waals surface area contributed by atoms with Crippen LogP contribution in [-0.4, -0.2) is 31.9 Å². The van der Waals surface area contributed by atoms with E-state index in [4.69, 9.17) is 9.47 Å². The van der Waals surface area contributed by atoms with E-state index >= 15 is 0 Å². The van der Waals surface area contributed by atoms with Gasteiger partial charge in [0.05, 0.1) is 14.2 Å². The van der Waals surface area contributed by atoms with Crippen LogP contribution in [-0.2, 0) is 23.9 Å². The van der Waals surface area contributed by atoms with Gasteiger partial charge in [0.1, 0.15) is 0 Å². The summed E-state index contributed by atoms with van der Waals surface area (Å²) in [5, 5.41) is 0. The fourth-order valence-electron chi connectivity index (χ4n) is 2.61. The second-order valence-corrected chi connectivity index (χ2v) is 6.48. The standard InChI is InChI=1S/C17H26O5/c1-6-7-10-16(2,3)13(18)9-8-12-11-17(12,14(19)21-4)15(20)22-5/h8-9,12H,6-7,10-11H2,1-5H3/b9-8+. The molecular weight excluding hydrogens is 284 g/mol. The number of esters is 2. The predicted octanol–water partition coefficient (Wildman–Crippen LogP) is 2.68. The lowest BCUT2D eigenvalue weighted by Gasteiger charge is -2.20. The number of methoxy groups -OCH3 is 2.